The molecule has 3 heterocycles. The van der Waals surface area contributed by atoms with Gasteiger partial charge in [-0.15, -0.1) is 0 Å². The number of halogens is 3. The third-order valence-corrected chi connectivity index (χ3v) is 75.7. The summed E-state index contributed by atoms with van der Waals surface area (Å²) in [6.45, 7) is 67.9. The van der Waals surface area contributed by atoms with Crippen molar-refractivity contribution in [3.05, 3.63) is 85.1 Å². The van der Waals surface area contributed by atoms with E-state index in [0.717, 1.165) is 109 Å². The van der Waals surface area contributed by atoms with E-state index in [9.17, 15) is 9.90 Å². The molecule has 1 amide bonds. The van der Waals surface area contributed by atoms with Crippen LogP contribution in [0.3, 0.4) is 0 Å². The molecule has 3 rings (SSSR count). The first kappa shape index (κ1) is 127. The average Bonchev–Trinajstić information content (AvgIpc) is 0.783. The molecule has 19 atom stereocenters. The number of nitrogens with one attached hydrogen (secondary N) is 1. The first-order valence-corrected chi connectivity index (χ1v) is 77.0. The molecular formula is C104H200F3NO18Si9. The van der Waals surface area contributed by atoms with Crippen LogP contribution in [0.1, 0.15) is 266 Å². The monoisotopic (exact) mass is 2060 g/mol. The summed E-state index contributed by atoms with van der Waals surface area (Å²) in [5.41, 5.74) is 0. The molecular weight excluding hydrogens is 1860 g/mol. The van der Waals surface area contributed by atoms with Crippen molar-refractivity contribution >= 4 is 92.7 Å². The Kier molecular flexibility index (Phi) is 58.3. The second-order valence-corrected chi connectivity index (χ2v) is 82.2. The minimum absolute atomic E-state index is 0.0214. The number of ether oxygens (including phenoxy) is 5. The first-order valence-electron chi connectivity index (χ1n) is 54.2. The molecule has 2 fully saturated rings. The first-order chi connectivity index (χ1) is 64.1. The number of allylic oxidation sites excluding steroid dienone is 12. The van der Waals surface area contributed by atoms with Gasteiger partial charge in [-0.2, -0.15) is 13.2 Å². The van der Waals surface area contributed by atoms with Gasteiger partial charge in [0, 0.05) is 38.4 Å². The van der Waals surface area contributed by atoms with Crippen molar-refractivity contribution in [2.24, 2.45) is 17.8 Å². The molecule has 0 saturated carbocycles. The molecule has 135 heavy (non-hydrogen) atoms. The van der Waals surface area contributed by atoms with E-state index in [1.54, 1.807) is 14.0 Å². The number of carboxylic acid groups (broad SMARTS) is 1. The Morgan fingerprint density at radius 3 is 1.13 bits per heavy atom. The van der Waals surface area contributed by atoms with Crippen molar-refractivity contribution in [2.75, 3.05) is 7.11 Å². The van der Waals surface area contributed by atoms with Crippen molar-refractivity contribution in [1.29, 1.82) is 0 Å². The van der Waals surface area contributed by atoms with E-state index in [4.69, 9.17) is 63.5 Å². The van der Waals surface area contributed by atoms with E-state index in [1.807, 2.05) is 101 Å². The van der Waals surface area contributed by atoms with Gasteiger partial charge in [0.05, 0.1) is 73.5 Å². The topological polar surface area (TPSA) is 213 Å². The fraction of sp³-hybridized carbons (Fsp3) is 0.837. The molecule has 0 aromatic rings. The van der Waals surface area contributed by atoms with Crippen LogP contribution in [-0.2, 0) is 77.9 Å². The number of amides is 1. The van der Waals surface area contributed by atoms with Crippen LogP contribution in [0.15, 0.2) is 85.1 Å². The summed E-state index contributed by atoms with van der Waals surface area (Å²) in [6, 6.07) is 20.6. The lowest BCUT2D eigenvalue weighted by Crippen LogP contribution is -2.69. The lowest BCUT2D eigenvalue weighted by Gasteiger charge is -2.52. The van der Waals surface area contributed by atoms with Crippen molar-refractivity contribution in [2.45, 2.75) is 533 Å². The lowest BCUT2D eigenvalue weighted by atomic mass is 9.82. The number of fused-ring (bicyclic) bond motifs is 2. The Labute approximate surface area is 831 Å². The molecule has 0 radical (unpaired) electrons. The van der Waals surface area contributed by atoms with Gasteiger partial charge >= 0.3 is 24.0 Å². The molecule has 2 N–H and O–H groups in total. The number of carbonyl (C=O) groups excluding carboxylic acids is 2. The Morgan fingerprint density at radius 1 is 0.400 bits per heavy atom. The quantitative estimate of drug-likeness (QED) is 0.0428. The Hall–Kier alpha value is -2.19. The van der Waals surface area contributed by atoms with Gasteiger partial charge < -0.3 is 73.9 Å². The maximum Gasteiger partial charge on any atom is 0.471 e. The van der Waals surface area contributed by atoms with Gasteiger partial charge in [-0.1, -0.05) is 286 Å². The number of aliphatic carboxylic acids is 1. The second-order valence-electron chi connectivity index (χ2n) is 39.6. The number of hydrogen-bond donors (Lipinski definition) is 2. The van der Waals surface area contributed by atoms with Gasteiger partial charge in [0.15, 0.2) is 86.9 Å². The summed E-state index contributed by atoms with van der Waals surface area (Å²) in [7, 11) is -21.7. The van der Waals surface area contributed by atoms with Crippen molar-refractivity contribution in [3.8, 4) is 0 Å². The predicted molar refractivity (Wildman–Crippen MR) is 576 cm³/mol. The number of rotatable bonds is 50. The summed E-state index contributed by atoms with van der Waals surface area (Å²) < 4.78 is 152. The molecule has 0 aliphatic carbocycles. The Morgan fingerprint density at radius 2 is 0.741 bits per heavy atom. The maximum atomic E-state index is 15.5. The zero-order valence-corrected chi connectivity index (χ0v) is 100. The number of esters is 1. The maximum absolute atomic E-state index is 15.5. The third kappa shape index (κ3) is 36.8. The zero-order valence-electron chi connectivity index (χ0n) is 91.2. The molecule has 0 unspecified atom stereocenters. The highest BCUT2D eigenvalue weighted by Gasteiger charge is 2.59. The summed E-state index contributed by atoms with van der Waals surface area (Å²) in [5.74, 6) is -6.62. The molecule has 3 aliphatic rings. The number of carbonyl (C=O) groups is 3. The fourth-order valence-electron chi connectivity index (χ4n) is 21.4. The highest BCUT2D eigenvalue weighted by molar-refractivity contribution is 6.77. The summed E-state index contributed by atoms with van der Waals surface area (Å²) in [4.78, 5) is 44.4. The van der Waals surface area contributed by atoms with E-state index in [0.29, 0.717) is 80.1 Å². The number of methoxy groups -OCH3 is 1. The van der Waals surface area contributed by atoms with Crippen molar-refractivity contribution in [1.82, 2.24) is 5.32 Å². The van der Waals surface area contributed by atoms with Crippen LogP contribution in [0.2, 0.25) is 163 Å². The van der Waals surface area contributed by atoms with Crippen LogP contribution in [0.5, 0.6) is 0 Å². The van der Waals surface area contributed by atoms with Gasteiger partial charge in [-0.05, 0) is 209 Å². The van der Waals surface area contributed by atoms with Crippen molar-refractivity contribution < 1.29 is 96.2 Å². The molecule has 0 spiro atoms. The molecule has 3 aliphatic heterocycles. The molecule has 2 saturated heterocycles. The molecule has 2 bridgehead atoms. The van der Waals surface area contributed by atoms with Gasteiger partial charge in [-0.3, -0.25) is 14.4 Å². The highest BCUT2D eigenvalue weighted by Crippen LogP contribution is 2.48. The minimum Gasteiger partial charge on any atom is -0.481 e. The normalized spacial score (nSPS) is 29.4. The van der Waals surface area contributed by atoms with E-state index >= 15 is 22.8 Å². The molecule has 786 valence electrons. The number of alkyl halides is 3. The van der Waals surface area contributed by atoms with Crippen LogP contribution >= 0.6 is 0 Å². The molecule has 31 heteroatoms. The number of cyclic esters (lactones) is 1. The fourth-order valence-corrected chi connectivity index (χ4v) is 47.6. The molecule has 19 nitrogen and oxygen atoms in total. The van der Waals surface area contributed by atoms with Crippen LogP contribution < -0.4 is 5.32 Å². The van der Waals surface area contributed by atoms with Crippen LogP contribution in [-0.4, -0.2) is 209 Å². The van der Waals surface area contributed by atoms with E-state index in [2.05, 4.69) is 197 Å². The standard InChI is InChI=1S/C104H200F3NO18Si9/c1-33-127(34-2,35-3)118-87-74-75-90(121-130(42-10,43-11)44-12)91(122-131(45-13,46-14)47-15)78-89(120-129(39-7,40-8)41-9)80-103(113-32)81-93(123-132(48-16,49-17)50-18)95(100(110)111)92(117-103)77-86(116-101-99(126-135(57-25,58-26)59-27)96(108-102(112)104(105,106)107)98(85(31)115-101)125-134(54-22,55-23)56-24)73-71-69-67-65-63-61-60-62-64-66-68-70-72-82(28)97(124-133(51-19,52-20)53-21)83(29)84(30)114-94(109)79-88(76-87)119-128(36-4,37-5)38-6/h60-73,82-93,95-99,101H,33-59,74-81H2,1-32H3,(H,108,112)(H,110,111)/b61-60+,64-62+,65-63+,68-66+,69-67+,72-70+,73-71+/t82-,83-,84-,85+,86-,87+,88+,89-,90+,91+,92-,93-,95-,96-,97+,98+,99-,101-,103+/m0/s1. The van der Waals surface area contributed by atoms with Crippen LogP contribution in [0, 0.1) is 17.8 Å². The SMILES string of the molecule is CC[Si](CC)(CC)O[C@@H]1CC[C@@H](O[Si](CC)(CC)CC)[C@H](O[Si](CC)(CC)CC)C[C@H](O[Si](CC)(CC)CC)C[C@]2(OC)C[C@H](O[Si](CC)(CC)CC)[C@@H](C(=O)O)[C@H](C[C@@H](O[C@@H]3O[C@H](C)[C@@H](O[Si](CC)(CC)CC)[C@H](NC(=O)C(F)(F)F)[C@@H]3O[Si](CC)(CC)CC)/C=C/C=C/C=C/C=C/C=C/C=C/C=C/[C@H](C)[C@@H](O[Si](CC)(CC)CC)[C@@H](C)[C@H](C)OC(=O)C[C@H](O[Si](CC)(CC)CC)C1)O2. The largest absolute Gasteiger partial charge is 0.481 e. The summed E-state index contributed by atoms with van der Waals surface area (Å²) >= 11 is 0. The van der Waals surface area contributed by atoms with E-state index in [-0.39, 0.29) is 55.7 Å². The Bertz CT molecular complexity index is 3450. The zero-order chi connectivity index (χ0) is 102. The highest BCUT2D eigenvalue weighted by atomic mass is 28.4. The molecule has 0 aromatic heterocycles. The Balaban J connectivity index is 2.91. The minimum atomic E-state index is -5.28. The van der Waals surface area contributed by atoms with Gasteiger partial charge in [-0.25, -0.2) is 0 Å². The third-order valence-electron chi connectivity index (χ3n) is 33.7. The molecule has 0 aromatic carbocycles. The number of carboxylic acids is 1. The average molecular weight is 2060 g/mol. The summed E-state index contributed by atoms with van der Waals surface area (Å²) in [5, 5.41) is 14.8. The van der Waals surface area contributed by atoms with Crippen LogP contribution in [0.4, 0.5) is 13.2 Å². The summed E-state index contributed by atoms with van der Waals surface area (Å²) in [6.07, 6.45) is 12.9. The van der Waals surface area contributed by atoms with Gasteiger partial charge in [0.1, 0.15) is 18.1 Å². The lowest BCUT2D eigenvalue weighted by molar-refractivity contribution is -0.315. The van der Waals surface area contributed by atoms with Crippen molar-refractivity contribution in [3.63, 3.8) is 0 Å². The van der Waals surface area contributed by atoms with Crippen LogP contribution in [0.25, 0.3) is 0 Å². The van der Waals surface area contributed by atoms with Gasteiger partial charge in [0.2, 0.25) is 0 Å². The van der Waals surface area contributed by atoms with E-state index < -0.39 is 184 Å². The van der Waals surface area contributed by atoms with E-state index in [1.165, 1.54) is 0 Å². The second kappa shape index (κ2) is 61.9. The smallest absolute Gasteiger partial charge is 0.471 e. The number of hydrogen-bond acceptors (Lipinski definition) is 17. The van der Waals surface area contributed by atoms with Gasteiger partial charge in [0.25, 0.3) is 0 Å². The predicted octanol–water partition coefficient (Wildman–Crippen LogP) is 29.4.